The summed E-state index contributed by atoms with van der Waals surface area (Å²) in [5.74, 6) is -0.0716. The molecule has 1 aliphatic rings. The van der Waals surface area contributed by atoms with Gasteiger partial charge in [-0.3, -0.25) is 4.90 Å². The molecule has 1 saturated heterocycles. The molecule has 0 unspecified atom stereocenters. The van der Waals surface area contributed by atoms with Crippen molar-refractivity contribution in [2.24, 2.45) is 5.92 Å². The van der Waals surface area contributed by atoms with Gasteiger partial charge in [-0.15, -0.1) is 11.3 Å². The maximum atomic E-state index is 11.5. The number of thiazole rings is 1. The van der Waals surface area contributed by atoms with Gasteiger partial charge in [-0.25, -0.2) is 9.78 Å². The highest BCUT2D eigenvalue weighted by atomic mass is 32.1. The van der Waals surface area contributed by atoms with Crippen molar-refractivity contribution in [3.8, 4) is 0 Å². The third-order valence-corrected chi connectivity index (χ3v) is 5.46. The second-order valence-corrected chi connectivity index (χ2v) is 7.39. The molecule has 1 aromatic heterocycles. The van der Waals surface area contributed by atoms with Crippen molar-refractivity contribution in [3.63, 3.8) is 0 Å². The van der Waals surface area contributed by atoms with Crippen molar-refractivity contribution in [3.05, 3.63) is 51.5 Å². The van der Waals surface area contributed by atoms with Crippen LogP contribution in [0.2, 0.25) is 0 Å². The zero-order valence-electron chi connectivity index (χ0n) is 13.4. The Hall–Kier alpha value is -1.72. The van der Waals surface area contributed by atoms with Crippen LogP contribution in [0, 0.1) is 5.92 Å². The average molecular weight is 330 g/mol. The SMILES string of the molecule is CC1CCN(Cc2nc(Cc3ccccc3)c(C(=O)O)s2)CC1. The van der Waals surface area contributed by atoms with Gasteiger partial charge in [0.1, 0.15) is 9.88 Å². The van der Waals surface area contributed by atoms with E-state index in [2.05, 4.69) is 16.8 Å². The van der Waals surface area contributed by atoms with Crippen LogP contribution in [0.3, 0.4) is 0 Å². The lowest BCUT2D eigenvalue weighted by Gasteiger charge is -2.29. The number of piperidine rings is 1. The largest absolute Gasteiger partial charge is 0.477 e. The van der Waals surface area contributed by atoms with Crippen molar-refractivity contribution in [1.82, 2.24) is 9.88 Å². The first kappa shape index (κ1) is 16.1. The van der Waals surface area contributed by atoms with Gasteiger partial charge in [0.25, 0.3) is 0 Å². The van der Waals surface area contributed by atoms with E-state index in [1.807, 2.05) is 30.3 Å². The number of nitrogens with zero attached hydrogens (tertiary/aromatic N) is 2. The molecule has 0 bridgehead atoms. The Morgan fingerprint density at radius 2 is 2.00 bits per heavy atom. The normalized spacial score (nSPS) is 16.6. The molecule has 0 atom stereocenters. The van der Waals surface area contributed by atoms with Crippen LogP contribution < -0.4 is 0 Å². The summed E-state index contributed by atoms with van der Waals surface area (Å²) in [7, 11) is 0. The van der Waals surface area contributed by atoms with Gasteiger partial charge in [0, 0.05) is 6.42 Å². The van der Waals surface area contributed by atoms with E-state index in [1.165, 1.54) is 24.2 Å². The zero-order valence-corrected chi connectivity index (χ0v) is 14.2. The van der Waals surface area contributed by atoms with Crippen LogP contribution >= 0.6 is 11.3 Å². The highest BCUT2D eigenvalue weighted by Crippen LogP contribution is 2.24. The molecule has 4 nitrogen and oxygen atoms in total. The van der Waals surface area contributed by atoms with Crippen LogP contribution in [0.15, 0.2) is 30.3 Å². The number of carbonyl (C=O) groups is 1. The molecule has 3 rings (SSSR count). The van der Waals surface area contributed by atoms with Crippen LogP contribution in [-0.4, -0.2) is 34.0 Å². The fourth-order valence-electron chi connectivity index (χ4n) is 2.96. The van der Waals surface area contributed by atoms with Gasteiger partial charge in [-0.05, 0) is 37.4 Å². The molecule has 23 heavy (non-hydrogen) atoms. The molecule has 0 spiro atoms. The van der Waals surface area contributed by atoms with Crippen molar-refractivity contribution < 1.29 is 9.90 Å². The van der Waals surface area contributed by atoms with E-state index in [0.29, 0.717) is 17.0 Å². The molecule has 0 radical (unpaired) electrons. The number of likely N-dealkylation sites (tertiary alicyclic amines) is 1. The van der Waals surface area contributed by atoms with Crippen LogP contribution in [0.4, 0.5) is 0 Å². The van der Waals surface area contributed by atoms with E-state index in [1.54, 1.807) is 0 Å². The van der Waals surface area contributed by atoms with Gasteiger partial charge in [-0.1, -0.05) is 37.3 Å². The third-order valence-electron chi connectivity index (χ3n) is 4.39. The van der Waals surface area contributed by atoms with E-state index < -0.39 is 5.97 Å². The summed E-state index contributed by atoms with van der Waals surface area (Å²) in [5, 5.41) is 10.4. The Labute approximate surface area is 140 Å². The van der Waals surface area contributed by atoms with Crippen LogP contribution in [0.5, 0.6) is 0 Å². The van der Waals surface area contributed by atoms with E-state index in [-0.39, 0.29) is 0 Å². The molecule has 2 heterocycles. The maximum absolute atomic E-state index is 11.5. The highest BCUT2D eigenvalue weighted by Gasteiger charge is 2.21. The predicted molar refractivity (Wildman–Crippen MR) is 92.0 cm³/mol. The smallest absolute Gasteiger partial charge is 0.347 e. The Kier molecular flexibility index (Phi) is 5.08. The summed E-state index contributed by atoms with van der Waals surface area (Å²) in [6.07, 6.45) is 3.01. The maximum Gasteiger partial charge on any atom is 0.347 e. The van der Waals surface area contributed by atoms with Crippen LogP contribution in [0.1, 0.15) is 45.7 Å². The molecule has 0 aliphatic carbocycles. The quantitative estimate of drug-likeness (QED) is 0.909. The minimum absolute atomic E-state index is 0.384. The van der Waals surface area contributed by atoms with Crippen molar-refractivity contribution in [1.29, 1.82) is 0 Å². The van der Waals surface area contributed by atoms with E-state index >= 15 is 0 Å². The van der Waals surface area contributed by atoms with Crippen LogP contribution in [-0.2, 0) is 13.0 Å². The fourth-order valence-corrected chi connectivity index (χ4v) is 3.92. The van der Waals surface area contributed by atoms with Gasteiger partial charge in [-0.2, -0.15) is 0 Å². The lowest BCUT2D eigenvalue weighted by molar-refractivity contribution is 0.0701. The molecule has 0 saturated carbocycles. The summed E-state index contributed by atoms with van der Waals surface area (Å²) in [6.45, 7) is 5.22. The molecule has 2 aromatic rings. The van der Waals surface area contributed by atoms with Crippen molar-refractivity contribution in [2.45, 2.75) is 32.7 Å². The average Bonchev–Trinajstić information content (AvgIpc) is 2.93. The number of hydrogen-bond acceptors (Lipinski definition) is 4. The zero-order chi connectivity index (χ0) is 16.2. The van der Waals surface area contributed by atoms with E-state index in [4.69, 9.17) is 0 Å². The van der Waals surface area contributed by atoms with Gasteiger partial charge in [0.05, 0.1) is 12.2 Å². The summed E-state index contributed by atoms with van der Waals surface area (Å²) < 4.78 is 0. The molecule has 1 N–H and O–H groups in total. The van der Waals surface area contributed by atoms with E-state index in [9.17, 15) is 9.90 Å². The minimum atomic E-state index is -0.869. The third kappa shape index (κ3) is 4.18. The Morgan fingerprint density at radius 3 is 2.65 bits per heavy atom. The van der Waals surface area contributed by atoms with Gasteiger partial charge >= 0.3 is 5.97 Å². The summed E-state index contributed by atoms with van der Waals surface area (Å²) >= 11 is 1.33. The van der Waals surface area contributed by atoms with Gasteiger partial charge in [0.15, 0.2) is 0 Å². The fraction of sp³-hybridized carbons (Fsp3) is 0.444. The van der Waals surface area contributed by atoms with E-state index in [0.717, 1.165) is 36.1 Å². The van der Waals surface area contributed by atoms with Crippen molar-refractivity contribution in [2.75, 3.05) is 13.1 Å². The molecular formula is C18H22N2O2S. The molecule has 5 heteroatoms. The second kappa shape index (κ2) is 7.23. The van der Waals surface area contributed by atoms with Crippen LogP contribution in [0.25, 0.3) is 0 Å². The Morgan fingerprint density at radius 1 is 1.30 bits per heavy atom. The standard InChI is InChI=1S/C18H22N2O2S/c1-13-7-9-20(10-8-13)12-16-19-15(17(23-16)18(21)22)11-14-5-3-2-4-6-14/h2-6,13H,7-12H2,1H3,(H,21,22). The number of aromatic nitrogens is 1. The summed E-state index contributed by atoms with van der Waals surface area (Å²) in [4.78, 5) is 18.9. The predicted octanol–water partition coefficient (Wildman–Crippen LogP) is 3.66. The topological polar surface area (TPSA) is 53.4 Å². The number of rotatable bonds is 5. The lowest BCUT2D eigenvalue weighted by atomic mass is 9.99. The first-order chi connectivity index (χ1) is 11.1. The number of benzene rings is 1. The number of aromatic carboxylic acids is 1. The monoisotopic (exact) mass is 330 g/mol. The summed E-state index contributed by atoms with van der Waals surface area (Å²) in [5.41, 5.74) is 1.78. The minimum Gasteiger partial charge on any atom is -0.477 e. The number of carboxylic acid groups (broad SMARTS) is 1. The lowest BCUT2D eigenvalue weighted by Crippen LogP contribution is -2.32. The molecule has 122 valence electrons. The number of hydrogen-bond donors (Lipinski definition) is 1. The van der Waals surface area contributed by atoms with Crippen molar-refractivity contribution >= 4 is 17.3 Å². The molecule has 1 fully saturated rings. The first-order valence-corrected chi connectivity index (χ1v) is 8.91. The van der Waals surface area contributed by atoms with Gasteiger partial charge in [0.2, 0.25) is 0 Å². The number of carboxylic acids is 1. The molecule has 0 amide bonds. The Balaban J connectivity index is 1.74. The first-order valence-electron chi connectivity index (χ1n) is 8.10. The molecule has 1 aromatic carbocycles. The second-order valence-electron chi connectivity index (χ2n) is 6.31. The Bertz CT molecular complexity index is 661. The molecular weight excluding hydrogens is 308 g/mol. The van der Waals surface area contributed by atoms with Gasteiger partial charge < -0.3 is 5.11 Å². The highest BCUT2D eigenvalue weighted by molar-refractivity contribution is 7.13. The molecule has 1 aliphatic heterocycles. The summed E-state index contributed by atoms with van der Waals surface area (Å²) in [6, 6.07) is 9.93.